The van der Waals surface area contributed by atoms with Gasteiger partial charge in [-0.2, -0.15) is 4.98 Å². The summed E-state index contributed by atoms with van der Waals surface area (Å²) in [6, 6.07) is 11.7. The zero-order valence-corrected chi connectivity index (χ0v) is 10.8. The summed E-state index contributed by atoms with van der Waals surface area (Å²) in [5.41, 5.74) is 8.61. The molecule has 1 aromatic heterocycles. The molecule has 100 valence electrons. The summed E-state index contributed by atoms with van der Waals surface area (Å²) >= 11 is 0. The van der Waals surface area contributed by atoms with Crippen LogP contribution in [0, 0.1) is 12.7 Å². The van der Waals surface area contributed by atoms with Crippen LogP contribution in [0.1, 0.15) is 5.56 Å². The van der Waals surface area contributed by atoms with Gasteiger partial charge in [0.1, 0.15) is 5.82 Å². The lowest BCUT2D eigenvalue weighted by Crippen LogP contribution is -1.90. The number of para-hydroxylation sites is 1. The Hall–Kier alpha value is -2.69. The molecule has 0 bridgehead atoms. The summed E-state index contributed by atoms with van der Waals surface area (Å²) in [6.45, 7) is 1.79. The predicted molar refractivity (Wildman–Crippen MR) is 74.3 cm³/mol. The van der Waals surface area contributed by atoms with Crippen LogP contribution in [-0.4, -0.2) is 10.1 Å². The second-order valence-corrected chi connectivity index (χ2v) is 4.47. The number of rotatable bonds is 2. The van der Waals surface area contributed by atoms with Gasteiger partial charge in [-0.15, -0.1) is 0 Å². The van der Waals surface area contributed by atoms with E-state index in [1.807, 2.05) is 18.2 Å². The third-order valence-corrected chi connectivity index (χ3v) is 3.05. The molecule has 0 atom stereocenters. The fourth-order valence-corrected chi connectivity index (χ4v) is 2.01. The van der Waals surface area contributed by atoms with Crippen molar-refractivity contribution in [1.29, 1.82) is 0 Å². The van der Waals surface area contributed by atoms with Crippen LogP contribution in [0.3, 0.4) is 0 Å². The molecule has 0 saturated heterocycles. The van der Waals surface area contributed by atoms with Gasteiger partial charge in [0, 0.05) is 16.8 Å². The highest BCUT2D eigenvalue weighted by molar-refractivity contribution is 5.72. The average molecular weight is 269 g/mol. The van der Waals surface area contributed by atoms with Crippen molar-refractivity contribution >= 4 is 5.69 Å². The lowest BCUT2D eigenvalue weighted by Gasteiger charge is -2.00. The Morgan fingerprint density at radius 1 is 1.10 bits per heavy atom. The van der Waals surface area contributed by atoms with Crippen molar-refractivity contribution in [3.63, 3.8) is 0 Å². The molecule has 0 spiro atoms. The van der Waals surface area contributed by atoms with Gasteiger partial charge in [0.2, 0.25) is 5.82 Å². The van der Waals surface area contributed by atoms with Gasteiger partial charge in [-0.25, -0.2) is 4.39 Å². The molecule has 2 aromatic carbocycles. The minimum absolute atomic E-state index is 0.293. The number of benzene rings is 2. The summed E-state index contributed by atoms with van der Waals surface area (Å²) in [5, 5.41) is 3.93. The number of aryl methyl sites for hydroxylation is 1. The van der Waals surface area contributed by atoms with E-state index in [1.54, 1.807) is 19.1 Å². The lowest BCUT2D eigenvalue weighted by molar-refractivity contribution is 0.432. The molecule has 5 heteroatoms. The second kappa shape index (κ2) is 4.77. The third-order valence-electron chi connectivity index (χ3n) is 3.05. The van der Waals surface area contributed by atoms with Crippen molar-refractivity contribution in [3.8, 4) is 22.8 Å². The van der Waals surface area contributed by atoms with Gasteiger partial charge >= 0.3 is 0 Å². The second-order valence-electron chi connectivity index (χ2n) is 4.47. The van der Waals surface area contributed by atoms with E-state index in [4.69, 9.17) is 10.3 Å². The molecule has 4 nitrogen and oxygen atoms in total. The van der Waals surface area contributed by atoms with Gasteiger partial charge in [-0.05, 0) is 42.8 Å². The van der Waals surface area contributed by atoms with Crippen molar-refractivity contribution < 1.29 is 8.91 Å². The molecular formula is C15H12FN3O. The summed E-state index contributed by atoms with van der Waals surface area (Å²) in [5.74, 6) is 0.473. The van der Waals surface area contributed by atoms with E-state index in [2.05, 4.69) is 10.1 Å². The summed E-state index contributed by atoms with van der Waals surface area (Å²) in [4.78, 5) is 4.32. The number of nitrogens with two attached hydrogens (primary N) is 1. The van der Waals surface area contributed by atoms with E-state index in [0.717, 1.165) is 5.56 Å². The first-order chi connectivity index (χ1) is 9.65. The maximum atomic E-state index is 13.1. The van der Waals surface area contributed by atoms with Crippen LogP contribution in [0.5, 0.6) is 0 Å². The highest BCUT2D eigenvalue weighted by Crippen LogP contribution is 2.27. The Bertz CT molecular complexity index is 767. The molecule has 0 unspecified atom stereocenters. The Morgan fingerprint density at radius 3 is 2.65 bits per heavy atom. The summed E-state index contributed by atoms with van der Waals surface area (Å²) in [7, 11) is 0. The molecular weight excluding hydrogens is 257 g/mol. The van der Waals surface area contributed by atoms with Crippen LogP contribution >= 0.6 is 0 Å². The Labute approximate surface area is 115 Å². The topological polar surface area (TPSA) is 64.9 Å². The van der Waals surface area contributed by atoms with Crippen LogP contribution in [-0.2, 0) is 0 Å². The molecule has 3 rings (SSSR count). The fraction of sp³-hybridized carbons (Fsp3) is 0.0667. The molecule has 0 saturated carbocycles. The molecule has 0 amide bonds. The number of aromatic nitrogens is 2. The van der Waals surface area contributed by atoms with Crippen LogP contribution in [0.4, 0.5) is 10.1 Å². The van der Waals surface area contributed by atoms with E-state index < -0.39 is 0 Å². The minimum Gasteiger partial charge on any atom is -0.398 e. The van der Waals surface area contributed by atoms with Gasteiger partial charge in [0.15, 0.2) is 0 Å². The maximum Gasteiger partial charge on any atom is 0.258 e. The Morgan fingerprint density at radius 2 is 1.90 bits per heavy atom. The average Bonchev–Trinajstić information content (AvgIpc) is 2.88. The van der Waals surface area contributed by atoms with Crippen molar-refractivity contribution in [1.82, 2.24) is 10.1 Å². The summed E-state index contributed by atoms with van der Waals surface area (Å²) in [6.07, 6.45) is 0. The fourth-order valence-electron chi connectivity index (χ4n) is 2.01. The van der Waals surface area contributed by atoms with Gasteiger partial charge in [-0.1, -0.05) is 17.3 Å². The van der Waals surface area contributed by atoms with Crippen LogP contribution in [0.2, 0.25) is 0 Å². The number of hydrogen-bond acceptors (Lipinski definition) is 4. The van der Waals surface area contributed by atoms with Crippen LogP contribution < -0.4 is 5.73 Å². The van der Waals surface area contributed by atoms with E-state index in [1.165, 1.54) is 12.1 Å². The number of nitrogens with zero attached hydrogens (tertiary/aromatic N) is 2. The largest absolute Gasteiger partial charge is 0.398 e. The number of halogens is 1. The van der Waals surface area contributed by atoms with Gasteiger partial charge < -0.3 is 10.3 Å². The normalized spacial score (nSPS) is 10.7. The van der Waals surface area contributed by atoms with E-state index in [0.29, 0.717) is 28.5 Å². The molecule has 0 aliphatic heterocycles. The van der Waals surface area contributed by atoms with Crippen molar-refractivity contribution in [3.05, 3.63) is 53.8 Å². The number of hydrogen-bond donors (Lipinski definition) is 1. The molecule has 1 heterocycles. The van der Waals surface area contributed by atoms with Crippen molar-refractivity contribution in [2.24, 2.45) is 0 Å². The predicted octanol–water partition coefficient (Wildman–Crippen LogP) is 3.43. The monoisotopic (exact) mass is 269 g/mol. The maximum absolute atomic E-state index is 13.1. The quantitative estimate of drug-likeness (QED) is 0.724. The van der Waals surface area contributed by atoms with Crippen LogP contribution in [0.15, 0.2) is 47.0 Å². The highest BCUT2D eigenvalue weighted by atomic mass is 19.1. The van der Waals surface area contributed by atoms with Crippen molar-refractivity contribution in [2.75, 3.05) is 5.73 Å². The Kier molecular flexibility index (Phi) is 2.95. The standard InChI is InChI=1S/C15H12FN3O/c1-9-8-10(16)6-7-11(9)15-18-14(19-20-15)12-4-2-3-5-13(12)17/h2-8H,17H2,1H3. The highest BCUT2D eigenvalue weighted by Gasteiger charge is 2.14. The molecule has 0 radical (unpaired) electrons. The van der Waals surface area contributed by atoms with E-state index in [9.17, 15) is 4.39 Å². The zero-order chi connectivity index (χ0) is 14.1. The first-order valence-electron chi connectivity index (χ1n) is 6.10. The van der Waals surface area contributed by atoms with E-state index >= 15 is 0 Å². The van der Waals surface area contributed by atoms with Gasteiger partial charge in [0.25, 0.3) is 5.89 Å². The minimum atomic E-state index is -0.293. The van der Waals surface area contributed by atoms with Crippen LogP contribution in [0.25, 0.3) is 22.8 Å². The lowest BCUT2D eigenvalue weighted by atomic mass is 10.1. The smallest absolute Gasteiger partial charge is 0.258 e. The molecule has 0 aliphatic rings. The van der Waals surface area contributed by atoms with Gasteiger partial charge in [0.05, 0.1) is 0 Å². The van der Waals surface area contributed by atoms with E-state index in [-0.39, 0.29) is 5.82 Å². The first-order valence-corrected chi connectivity index (χ1v) is 6.10. The Balaban J connectivity index is 2.04. The SMILES string of the molecule is Cc1cc(F)ccc1-c1nc(-c2ccccc2N)no1. The molecule has 3 aromatic rings. The number of nitrogen functional groups attached to an aromatic ring is 1. The molecule has 0 aliphatic carbocycles. The first kappa shape index (κ1) is 12.3. The zero-order valence-electron chi connectivity index (χ0n) is 10.8. The molecule has 2 N–H and O–H groups in total. The summed E-state index contributed by atoms with van der Waals surface area (Å²) < 4.78 is 18.3. The molecule has 0 fully saturated rings. The van der Waals surface area contributed by atoms with Crippen molar-refractivity contribution in [2.45, 2.75) is 6.92 Å². The number of anilines is 1. The molecule has 20 heavy (non-hydrogen) atoms. The van der Waals surface area contributed by atoms with Gasteiger partial charge in [-0.3, -0.25) is 0 Å². The third kappa shape index (κ3) is 2.14.